The lowest BCUT2D eigenvalue weighted by atomic mass is 9.91. The third kappa shape index (κ3) is 3.23. The molecule has 2 unspecified atom stereocenters. The standard InChI is InChI=1S/C14H28N2O2/c1-11(2)15-14(10-17,12-4-5-12)9-16(3)13-6-7-18-8-13/h11-13,15,17H,4-10H2,1-3H3. The summed E-state index contributed by atoms with van der Waals surface area (Å²) >= 11 is 0. The van der Waals surface area contributed by atoms with E-state index in [1.807, 2.05) is 0 Å². The van der Waals surface area contributed by atoms with Crippen molar-refractivity contribution in [2.24, 2.45) is 5.92 Å². The van der Waals surface area contributed by atoms with Crippen LogP contribution in [0.5, 0.6) is 0 Å². The molecule has 1 saturated carbocycles. The van der Waals surface area contributed by atoms with E-state index in [0.29, 0.717) is 18.0 Å². The Bertz CT molecular complexity index is 263. The molecule has 0 amide bonds. The van der Waals surface area contributed by atoms with Gasteiger partial charge in [-0.25, -0.2) is 0 Å². The number of rotatable bonds is 7. The molecule has 0 aromatic rings. The Morgan fingerprint density at radius 2 is 2.11 bits per heavy atom. The van der Waals surface area contributed by atoms with Gasteiger partial charge >= 0.3 is 0 Å². The Kier molecular flexibility index (Phi) is 4.64. The van der Waals surface area contributed by atoms with Gasteiger partial charge in [0.15, 0.2) is 0 Å². The third-order valence-corrected chi connectivity index (χ3v) is 4.28. The van der Waals surface area contributed by atoms with E-state index in [0.717, 1.165) is 26.2 Å². The predicted molar refractivity (Wildman–Crippen MR) is 72.7 cm³/mol. The molecule has 2 rings (SSSR count). The lowest BCUT2D eigenvalue weighted by Crippen LogP contribution is -2.60. The average molecular weight is 256 g/mol. The monoisotopic (exact) mass is 256 g/mol. The highest BCUT2D eigenvalue weighted by molar-refractivity contribution is 5.04. The summed E-state index contributed by atoms with van der Waals surface area (Å²) in [6.45, 7) is 7.18. The number of nitrogens with one attached hydrogen (secondary N) is 1. The van der Waals surface area contributed by atoms with Crippen molar-refractivity contribution in [3.63, 3.8) is 0 Å². The van der Waals surface area contributed by atoms with E-state index in [4.69, 9.17) is 4.74 Å². The summed E-state index contributed by atoms with van der Waals surface area (Å²) in [6, 6.07) is 0.926. The summed E-state index contributed by atoms with van der Waals surface area (Å²) in [4.78, 5) is 2.37. The fourth-order valence-corrected chi connectivity index (χ4v) is 3.17. The fourth-order valence-electron chi connectivity index (χ4n) is 3.17. The van der Waals surface area contributed by atoms with Crippen molar-refractivity contribution in [3.05, 3.63) is 0 Å². The zero-order valence-electron chi connectivity index (χ0n) is 12.0. The van der Waals surface area contributed by atoms with E-state index in [2.05, 4.69) is 31.1 Å². The maximum Gasteiger partial charge on any atom is 0.0628 e. The van der Waals surface area contributed by atoms with Crippen molar-refractivity contribution in [2.45, 2.75) is 50.7 Å². The van der Waals surface area contributed by atoms with Crippen molar-refractivity contribution < 1.29 is 9.84 Å². The first-order chi connectivity index (χ1) is 8.57. The second kappa shape index (κ2) is 5.87. The van der Waals surface area contributed by atoms with Gasteiger partial charge in [-0.05, 0) is 32.2 Å². The zero-order valence-corrected chi connectivity index (χ0v) is 12.0. The topological polar surface area (TPSA) is 44.7 Å². The summed E-state index contributed by atoms with van der Waals surface area (Å²) in [5.41, 5.74) is -0.120. The predicted octanol–water partition coefficient (Wildman–Crippen LogP) is 0.846. The SMILES string of the molecule is CC(C)NC(CO)(CN(C)C1CCOC1)C1CC1. The number of ether oxygens (including phenoxy) is 1. The van der Waals surface area contributed by atoms with Crippen LogP contribution in [-0.2, 0) is 4.74 Å². The molecule has 2 N–H and O–H groups in total. The van der Waals surface area contributed by atoms with E-state index in [1.165, 1.54) is 12.8 Å². The first-order valence-electron chi connectivity index (χ1n) is 7.24. The van der Waals surface area contributed by atoms with Gasteiger partial charge in [0, 0.05) is 25.2 Å². The molecule has 0 spiro atoms. The van der Waals surface area contributed by atoms with E-state index >= 15 is 0 Å². The summed E-state index contributed by atoms with van der Waals surface area (Å²) in [7, 11) is 2.16. The number of aliphatic hydroxyl groups is 1. The number of hydrogen-bond acceptors (Lipinski definition) is 4. The highest BCUT2D eigenvalue weighted by atomic mass is 16.5. The van der Waals surface area contributed by atoms with Crippen molar-refractivity contribution in [1.82, 2.24) is 10.2 Å². The minimum absolute atomic E-state index is 0.120. The summed E-state index contributed by atoms with van der Waals surface area (Å²) < 4.78 is 5.46. The third-order valence-electron chi connectivity index (χ3n) is 4.28. The Morgan fingerprint density at radius 1 is 1.39 bits per heavy atom. The molecule has 0 radical (unpaired) electrons. The zero-order chi connectivity index (χ0) is 13.2. The number of nitrogens with zero attached hydrogens (tertiary/aromatic N) is 1. The van der Waals surface area contributed by atoms with Crippen LogP contribution < -0.4 is 5.32 Å². The first kappa shape index (κ1) is 14.3. The van der Waals surface area contributed by atoms with Crippen molar-refractivity contribution in [3.8, 4) is 0 Å². The van der Waals surface area contributed by atoms with Crippen LogP contribution in [-0.4, -0.2) is 61.0 Å². The maximum atomic E-state index is 9.91. The minimum atomic E-state index is -0.120. The molecule has 0 bridgehead atoms. The molecule has 18 heavy (non-hydrogen) atoms. The molecule has 1 aliphatic heterocycles. The van der Waals surface area contributed by atoms with Gasteiger partial charge in [-0.2, -0.15) is 0 Å². The molecule has 106 valence electrons. The molecule has 0 aromatic heterocycles. The highest BCUT2D eigenvalue weighted by Gasteiger charge is 2.46. The Balaban J connectivity index is 1.99. The molecular weight excluding hydrogens is 228 g/mol. The van der Waals surface area contributed by atoms with Crippen molar-refractivity contribution in [2.75, 3.05) is 33.4 Å². The molecule has 2 fully saturated rings. The normalized spacial score (nSPS) is 28.0. The Morgan fingerprint density at radius 3 is 2.56 bits per heavy atom. The van der Waals surface area contributed by atoms with Gasteiger partial charge in [0.2, 0.25) is 0 Å². The highest BCUT2D eigenvalue weighted by Crippen LogP contribution is 2.40. The Hall–Kier alpha value is -0.160. The number of hydrogen-bond donors (Lipinski definition) is 2. The maximum absolute atomic E-state index is 9.91. The molecule has 1 aliphatic carbocycles. The second-order valence-corrected chi connectivity index (χ2v) is 6.32. The van der Waals surface area contributed by atoms with Gasteiger partial charge in [0.1, 0.15) is 0 Å². The van der Waals surface area contributed by atoms with Gasteiger partial charge in [0.25, 0.3) is 0 Å². The molecule has 1 heterocycles. The molecule has 4 nitrogen and oxygen atoms in total. The lowest BCUT2D eigenvalue weighted by molar-refractivity contribution is 0.0722. The molecule has 1 saturated heterocycles. The lowest BCUT2D eigenvalue weighted by Gasteiger charge is -2.40. The number of likely N-dealkylation sites (N-methyl/N-ethyl adjacent to an activating group) is 1. The van der Waals surface area contributed by atoms with E-state index in [-0.39, 0.29) is 12.1 Å². The van der Waals surface area contributed by atoms with E-state index in [9.17, 15) is 5.11 Å². The van der Waals surface area contributed by atoms with Gasteiger partial charge in [-0.15, -0.1) is 0 Å². The van der Waals surface area contributed by atoms with Crippen LogP contribution in [0.2, 0.25) is 0 Å². The van der Waals surface area contributed by atoms with Crippen molar-refractivity contribution >= 4 is 0 Å². The summed E-state index contributed by atoms with van der Waals surface area (Å²) in [5, 5.41) is 13.5. The van der Waals surface area contributed by atoms with Crippen LogP contribution in [0.1, 0.15) is 33.1 Å². The van der Waals surface area contributed by atoms with Crippen LogP contribution >= 0.6 is 0 Å². The fraction of sp³-hybridized carbons (Fsp3) is 1.00. The van der Waals surface area contributed by atoms with Crippen LogP contribution in [0.3, 0.4) is 0 Å². The van der Waals surface area contributed by atoms with Crippen molar-refractivity contribution in [1.29, 1.82) is 0 Å². The van der Waals surface area contributed by atoms with E-state index < -0.39 is 0 Å². The second-order valence-electron chi connectivity index (χ2n) is 6.32. The van der Waals surface area contributed by atoms with Crippen LogP contribution in [0, 0.1) is 5.92 Å². The average Bonchev–Trinajstić information content (AvgIpc) is 3.03. The largest absolute Gasteiger partial charge is 0.394 e. The smallest absolute Gasteiger partial charge is 0.0628 e. The Labute approximate surface area is 111 Å². The summed E-state index contributed by atoms with van der Waals surface area (Å²) in [6.07, 6.45) is 3.61. The van der Waals surface area contributed by atoms with Gasteiger partial charge in [-0.3, -0.25) is 4.90 Å². The summed E-state index contributed by atoms with van der Waals surface area (Å²) in [5.74, 6) is 0.634. The van der Waals surface area contributed by atoms with Crippen LogP contribution in [0.4, 0.5) is 0 Å². The molecular formula is C14H28N2O2. The minimum Gasteiger partial charge on any atom is -0.394 e. The van der Waals surface area contributed by atoms with E-state index in [1.54, 1.807) is 0 Å². The quantitative estimate of drug-likeness (QED) is 0.709. The first-order valence-corrected chi connectivity index (χ1v) is 7.24. The molecule has 0 aromatic carbocycles. The molecule has 4 heteroatoms. The molecule has 2 aliphatic rings. The number of aliphatic hydroxyl groups excluding tert-OH is 1. The van der Waals surface area contributed by atoms with Gasteiger partial charge in [-0.1, -0.05) is 13.8 Å². The van der Waals surface area contributed by atoms with Crippen LogP contribution in [0.15, 0.2) is 0 Å². The van der Waals surface area contributed by atoms with Gasteiger partial charge in [0.05, 0.1) is 18.8 Å². The molecule has 2 atom stereocenters. The van der Waals surface area contributed by atoms with Gasteiger partial charge < -0.3 is 15.2 Å². The van der Waals surface area contributed by atoms with Crippen LogP contribution in [0.25, 0.3) is 0 Å².